The maximum absolute atomic E-state index is 12.6. The lowest BCUT2D eigenvalue weighted by Gasteiger charge is -2.28. The van der Waals surface area contributed by atoms with Crippen LogP contribution in [0.2, 0.25) is 0 Å². The molecule has 120 valence electrons. The second kappa shape index (κ2) is 6.67. The van der Waals surface area contributed by atoms with E-state index in [1.165, 1.54) is 12.8 Å². The van der Waals surface area contributed by atoms with Gasteiger partial charge in [0.15, 0.2) is 0 Å². The number of nitrogens with zero attached hydrogens (tertiary/aromatic N) is 2. The molecular formula is C16H28N2O3. The van der Waals surface area contributed by atoms with E-state index in [0.29, 0.717) is 25.9 Å². The molecule has 2 aliphatic heterocycles. The summed E-state index contributed by atoms with van der Waals surface area (Å²) in [6, 6.07) is 0.0447. The minimum Gasteiger partial charge on any atom is -0.481 e. The second-order valence-corrected chi connectivity index (χ2v) is 6.59. The monoisotopic (exact) mass is 296 g/mol. The highest BCUT2D eigenvalue weighted by Crippen LogP contribution is 2.35. The largest absolute Gasteiger partial charge is 0.481 e. The molecule has 0 aliphatic carbocycles. The van der Waals surface area contributed by atoms with Crippen molar-refractivity contribution < 1.29 is 14.7 Å². The number of carboxylic acid groups (broad SMARTS) is 1. The first-order valence-electron chi connectivity index (χ1n) is 8.29. The first kappa shape index (κ1) is 16.1. The van der Waals surface area contributed by atoms with Crippen molar-refractivity contribution in [3.05, 3.63) is 0 Å². The third kappa shape index (κ3) is 3.33. The van der Waals surface area contributed by atoms with Gasteiger partial charge >= 0.3 is 12.0 Å². The Morgan fingerprint density at radius 1 is 1.14 bits per heavy atom. The number of aliphatic carboxylic acids is 1. The van der Waals surface area contributed by atoms with Crippen molar-refractivity contribution in [2.75, 3.05) is 26.2 Å². The SMILES string of the molecule is CCC1CCCN(C(=O)N2CCC(CC)(C(=O)O)C2)CC1. The van der Waals surface area contributed by atoms with E-state index in [4.69, 9.17) is 0 Å². The van der Waals surface area contributed by atoms with E-state index in [9.17, 15) is 14.7 Å². The number of amides is 2. The van der Waals surface area contributed by atoms with Gasteiger partial charge in [-0.2, -0.15) is 0 Å². The predicted molar refractivity (Wildman–Crippen MR) is 81.2 cm³/mol. The van der Waals surface area contributed by atoms with E-state index in [1.807, 2.05) is 11.8 Å². The standard InChI is InChI=1S/C16H28N2O3/c1-3-13-6-5-9-17(10-7-13)15(21)18-11-8-16(4-2,12-18)14(19)20/h13H,3-12H2,1-2H3,(H,19,20). The minimum atomic E-state index is -0.762. The number of carbonyl (C=O) groups excluding carboxylic acids is 1. The summed E-state index contributed by atoms with van der Waals surface area (Å²) in [5.41, 5.74) is -0.729. The molecule has 2 aliphatic rings. The van der Waals surface area contributed by atoms with Crippen LogP contribution in [0, 0.1) is 11.3 Å². The van der Waals surface area contributed by atoms with E-state index < -0.39 is 11.4 Å². The zero-order valence-corrected chi connectivity index (χ0v) is 13.3. The summed E-state index contributed by atoms with van der Waals surface area (Å²) in [4.78, 5) is 27.8. The van der Waals surface area contributed by atoms with Crippen LogP contribution < -0.4 is 0 Å². The molecule has 2 saturated heterocycles. The van der Waals surface area contributed by atoms with E-state index in [2.05, 4.69) is 6.92 Å². The normalized spacial score (nSPS) is 30.3. The molecule has 21 heavy (non-hydrogen) atoms. The third-order valence-electron chi connectivity index (χ3n) is 5.45. The van der Waals surface area contributed by atoms with Crippen LogP contribution in [0.25, 0.3) is 0 Å². The molecule has 1 N–H and O–H groups in total. The summed E-state index contributed by atoms with van der Waals surface area (Å²) in [5.74, 6) is -0.0302. The molecule has 0 spiro atoms. The van der Waals surface area contributed by atoms with Crippen LogP contribution in [0.15, 0.2) is 0 Å². The molecule has 2 rings (SSSR count). The summed E-state index contributed by atoms with van der Waals surface area (Å²) >= 11 is 0. The number of likely N-dealkylation sites (tertiary alicyclic amines) is 2. The van der Waals surface area contributed by atoms with Gasteiger partial charge in [-0.25, -0.2) is 4.79 Å². The van der Waals surface area contributed by atoms with Crippen molar-refractivity contribution in [2.45, 2.75) is 52.4 Å². The molecule has 5 nitrogen and oxygen atoms in total. The smallest absolute Gasteiger partial charge is 0.320 e. The van der Waals surface area contributed by atoms with Crippen molar-refractivity contribution in [1.82, 2.24) is 9.80 Å². The van der Waals surface area contributed by atoms with Crippen LogP contribution in [0.4, 0.5) is 4.79 Å². The van der Waals surface area contributed by atoms with Crippen LogP contribution >= 0.6 is 0 Å². The van der Waals surface area contributed by atoms with Crippen molar-refractivity contribution in [3.8, 4) is 0 Å². The van der Waals surface area contributed by atoms with Crippen LogP contribution in [0.5, 0.6) is 0 Å². The Morgan fingerprint density at radius 3 is 2.48 bits per heavy atom. The highest BCUT2D eigenvalue weighted by Gasteiger charge is 2.45. The molecular weight excluding hydrogens is 268 g/mol. The molecule has 0 aromatic rings. The zero-order valence-electron chi connectivity index (χ0n) is 13.3. The lowest BCUT2D eigenvalue weighted by Crippen LogP contribution is -2.44. The quantitative estimate of drug-likeness (QED) is 0.871. The van der Waals surface area contributed by atoms with Crippen LogP contribution in [0.1, 0.15) is 52.4 Å². The van der Waals surface area contributed by atoms with E-state index in [1.54, 1.807) is 4.90 Å². The van der Waals surface area contributed by atoms with Crippen LogP contribution in [-0.2, 0) is 4.79 Å². The van der Waals surface area contributed by atoms with Gasteiger partial charge in [0.05, 0.1) is 5.41 Å². The van der Waals surface area contributed by atoms with E-state index >= 15 is 0 Å². The van der Waals surface area contributed by atoms with Gasteiger partial charge in [-0.05, 0) is 38.0 Å². The molecule has 2 unspecified atom stereocenters. The molecule has 0 aromatic heterocycles. The summed E-state index contributed by atoms with van der Waals surface area (Å²) in [5, 5.41) is 9.43. The molecule has 2 amide bonds. The van der Waals surface area contributed by atoms with Gasteiger partial charge in [0.1, 0.15) is 0 Å². The Bertz CT molecular complexity index is 399. The fourth-order valence-corrected chi connectivity index (χ4v) is 3.61. The predicted octanol–water partition coefficient (Wildman–Crippen LogP) is 2.81. The topological polar surface area (TPSA) is 60.9 Å². The zero-order chi connectivity index (χ0) is 15.5. The lowest BCUT2D eigenvalue weighted by atomic mass is 9.84. The highest BCUT2D eigenvalue weighted by atomic mass is 16.4. The Hall–Kier alpha value is -1.26. The summed E-state index contributed by atoms with van der Waals surface area (Å²) in [6.07, 6.45) is 5.70. The molecule has 2 atom stereocenters. The maximum atomic E-state index is 12.6. The van der Waals surface area contributed by atoms with Gasteiger partial charge in [0.2, 0.25) is 0 Å². The van der Waals surface area contributed by atoms with Crippen molar-refractivity contribution in [1.29, 1.82) is 0 Å². The fraction of sp³-hybridized carbons (Fsp3) is 0.875. The van der Waals surface area contributed by atoms with Crippen molar-refractivity contribution >= 4 is 12.0 Å². The second-order valence-electron chi connectivity index (χ2n) is 6.59. The summed E-state index contributed by atoms with van der Waals surface area (Å²) in [7, 11) is 0. The Labute approximate surface area is 127 Å². The number of rotatable bonds is 3. The van der Waals surface area contributed by atoms with Gasteiger partial charge in [-0.3, -0.25) is 4.79 Å². The van der Waals surface area contributed by atoms with Gasteiger partial charge in [0, 0.05) is 26.2 Å². The molecule has 2 fully saturated rings. The Morgan fingerprint density at radius 2 is 1.90 bits per heavy atom. The van der Waals surface area contributed by atoms with E-state index in [-0.39, 0.29) is 6.03 Å². The van der Waals surface area contributed by atoms with Crippen molar-refractivity contribution in [3.63, 3.8) is 0 Å². The summed E-state index contributed by atoms with van der Waals surface area (Å²) < 4.78 is 0. The average molecular weight is 296 g/mol. The Kier molecular flexibility index (Phi) is 5.12. The van der Waals surface area contributed by atoms with Crippen LogP contribution in [0.3, 0.4) is 0 Å². The molecule has 0 bridgehead atoms. The maximum Gasteiger partial charge on any atom is 0.320 e. The molecule has 2 heterocycles. The van der Waals surface area contributed by atoms with E-state index in [0.717, 1.165) is 31.8 Å². The highest BCUT2D eigenvalue weighted by molar-refractivity contribution is 5.79. The third-order valence-corrected chi connectivity index (χ3v) is 5.45. The van der Waals surface area contributed by atoms with Crippen LogP contribution in [-0.4, -0.2) is 53.1 Å². The number of urea groups is 1. The fourth-order valence-electron chi connectivity index (χ4n) is 3.61. The Balaban J connectivity index is 1.96. The molecule has 0 radical (unpaired) electrons. The first-order chi connectivity index (χ1) is 10.0. The van der Waals surface area contributed by atoms with Gasteiger partial charge < -0.3 is 14.9 Å². The average Bonchev–Trinajstić information content (AvgIpc) is 2.79. The number of hydrogen-bond acceptors (Lipinski definition) is 2. The first-order valence-corrected chi connectivity index (χ1v) is 8.29. The summed E-state index contributed by atoms with van der Waals surface area (Å²) in [6.45, 7) is 6.70. The van der Waals surface area contributed by atoms with Crippen molar-refractivity contribution in [2.24, 2.45) is 11.3 Å². The number of hydrogen-bond donors (Lipinski definition) is 1. The molecule has 5 heteroatoms. The molecule has 0 aromatic carbocycles. The minimum absolute atomic E-state index is 0.0447. The number of carbonyl (C=O) groups is 2. The molecule has 0 saturated carbocycles. The van der Waals surface area contributed by atoms with Gasteiger partial charge in [0.25, 0.3) is 0 Å². The lowest BCUT2D eigenvalue weighted by molar-refractivity contribution is -0.148. The number of carboxylic acids is 1. The van der Waals surface area contributed by atoms with Gasteiger partial charge in [-0.15, -0.1) is 0 Å². The van der Waals surface area contributed by atoms with Gasteiger partial charge in [-0.1, -0.05) is 20.3 Å².